The number of methoxy groups -OCH3 is 1. The molecule has 3 aliphatic heterocycles. The van der Waals surface area contributed by atoms with E-state index < -0.39 is 12.5 Å². The van der Waals surface area contributed by atoms with E-state index in [0.29, 0.717) is 63.4 Å². The molecule has 12 heteroatoms. The van der Waals surface area contributed by atoms with E-state index >= 15 is 8.78 Å². The number of amides is 2. The fraction of sp³-hybridized carbons (Fsp3) is 0.556. The fourth-order valence-corrected chi connectivity index (χ4v) is 8.31. The number of carbonyl (C=O) groups excluding carboxylic acids is 2. The number of halogens is 2. The van der Waals surface area contributed by atoms with Crippen LogP contribution in [-0.4, -0.2) is 75.0 Å². The molecule has 10 nitrogen and oxygen atoms in total. The Hall–Kier alpha value is -4.06. The Morgan fingerprint density at radius 3 is 2.71 bits per heavy atom. The SMILES string of the molecule is COc1cc(C(=O)N2CC3(CCCCNC3)C2)cc2nc(-c3cc4ccc5nc4n3CC(F)(F)CCC[C@@H]3C[C@H]3C(=O)N[C@@H]5C)n(C)c12. The average Bonchev–Trinajstić information content (AvgIpc) is 3.72. The monoisotopic (exact) mass is 659 g/mol. The molecule has 2 N–H and O–H groups in total. The summed E-state index contributed by atoms with van der Waals surface area (Å²) in [6.07, 6.45) is 4.88. The number of aromatic nitrogens is 4. The molecule has 1 saturated carbocycles. The highest BCUT2D eigenvalue weighted by molar-refractivity contribution is 6.00. The normalized spacial score (nSPS) is 25.3. The molecule has 8 rings (SSSR count). The van der Waals surface area contributed by atoms with E-state index in [-0.39, 0.29) is 41.5 Å². The summed E-state index contributed by atoms with van der Waals surface area (Å²) in [7, 11) is 3.40. The molecule has 254 valence electrons. The van der Waals surface area contributed by atoms with Crippen LogP contribution in [-0.2, 0) is 18.4 Å². The van der Waals surface area contributed by atoms with Crippen LogP contribution < -0.4 is 15.4 Å². The van der Waals surface area contributed by atoms with Crippen molar-refractivity contribution in [2.24, 2.45) is 24.3 Å². The van der Waals surface area contributed by atoms with Gasteiger partial charge in [-0.05, 0) is 81.8 Å². The number of pyridine rings is 1. The Labute approximate surface area is 278 Å². The molecule has 0 radical (unpaired) electrons. The molecule has 3 fully saturated rings. The molecule has 1 aliphatic carbocycles. The first-order chi connectivity index (χ1) is 23.0. The summed E-state index contributed by atoms with van der Waals surface area (Å²) in [5.41, 5.74) is 3.39. The molecule has 3 aromatic heterocycles. The van der Waals surface area contributed by atoms with Gasteiger partial charge in [-0.2, -0.15) is 0 Å². The second kappa shape index (κ2) is 11.5. The third kappa shape index (κ3) is 5.41. The molecule has 3 atom stereocenters. The van der Waals surface area contributed by atoms with E-state index in [1.807, 2.05) is 41.6 Å². The minimum absolute atomic E-state index is 0.0316. The van der Waals surface area contributed by atoms with Crippen LogP contribution in [0.4, 0.5) is 8.78 Å². The number of fused-ring (bicyclic) bond motifs is 3. The highest BCUT2D eigenvalue weighted by atomic mass is 19.3. The summed E-state index contributed by atoms with van der Waals surface area (Å²) < 4.78 is 40.7. The van der Waals surface area contributed by atoms with E-state index in [2.05, 4.69) is 10.6 Å². The third-order valence-electron chi connectivity index (χ3n) is 11.1. The van der Waals surface area contributed by atoms with Gasteiger partial charge in [-0.1, -0.05) is 6.42 Å². The zero-order valence-electron chi connectivity index (χ0n) is 27.8. The molecule has 0 unspecified atom stereocenters. The summed E-state index contributed by atoms with van der Waals surface area (Å²) in [5, 5.41) is 7.31. The Morgan fingerprint density at radius 1 is 1.06 bits per heavy atom. The van der Waals surface area contributed by atoms with Gasteiger partial charge in [0.05, 0.1) is 36.6 Å². The fourth-order valence-electron chi connectivity index (χ4n) is 8.31. The maximum Gasteiger partial charge on any atom is 0.265 e. The van der Waals surface area contributed by atoms with Crippen LogP contribution in [0.15, 0.2) is 30.3 Å². The minimum Gasteiger partial charge on any atom is -0.494 e. The molecule has 1 spiro atoms. The molecule has 2 amide bonds. The van der Waals surface area contributed by atoms with Crippen LogP contribution >= 0.6 is 0 Å². The summed E-state index contributed by atoms with van der Waals surface area (Å²) in [6.45, 7) is 4.73. The van der Waals surface area contributed by atoms with Crippen molar-refractivity contribution in [3.63, 3.8) is 0 Å². The molecule has 48 heavy (non-hydrogen) atoms. The quantitative estimate of drug-likeness (QED) is 0.303. The highest BCUT2D eigenvalue weighted by Gasteiger charge is 2.46. The number of imidazole rings is 1. The topological polar surface area (TPSA) is 106 Å². The minimum atomic E-state index is -3.00. The van der Waals surface area contributed by atoms with Gasteiger partial charge < -0.3 is 29.4 Å². The maximum atomic E-state index is 15.7. The molecule has 4 aliphatic rings. The number of benzene rings is 1. The number of nitrogens with zero attached hydrogens (tertiary/aromatic N) is 5. The lowest BCUT2D eigenvalue weighted by Gasteiger charge is -2.50. The lowest BCUT2D eigenvalue weighted by atomic mass is 9.76. The van der Waals surface area contributed by atoms with Crippen molar-refractivity contribution in [2.75, 3.05) is 33.3 Å². The number of likely N-dealkylation sites (tertiary alicyclic amines) is 1. The number of rotatable bonds is 3. The van der Waals surface area contributed by atoms with Gasteiger partial charge in [0.25, 0.3) is 11.8 Å². The first-order valence-corrected chi connectivity index (χ1v) is 17.3. The van der Waals surface area contributed by atoms with E-state index in [4.69, 9.17) is 14.7 Å². The van der Waals surface area contributed by atoms with Gasteiger partial charge in [0.2, 0.25) is 5.91 Å². The van der Waals surface area contributed by atoms with Crippen LogP contribution in [0.5, 0.6) is 5.75 Å². The summed E-state index contributed by atoms with van der Waals surface area (Å²) in [6, 6.07) is 8.73. The standard InChI is InChI=1S/C36H43F2N7O3/c1-21-26-9-8-23-15-28(45(31(23)41-26)20-36(37,38)11-6-7-22-13-25(22)33(46)40-21)32-42-27-14-24(16-29(48-3)30(27)43(32)2)34(47)44-18-35(19-44)10-4-5-12-39-17-35/h8-9,14-16,21-22,25,39H,4-7,10-13,17-20H2,1-3H3,(H,40,46)/t21-,22-,25-/m1/s1. The van der Waals surface area contributed by atoms with Crippen LogP contribution in [0.2, 0.25) is 0 Å². The van der Waals surface area contributed by atoms with Crippen molar-refractivity contribution in [3.05, 3.63) is 41.6 Å². The Kier molecular flexibility index (Phi) is 7.50. The number of carbonyl (C=O) groups is 2. The molecule has 2 bridgehead atoms. The Bertz CT molecular complexity index is 1920. The first kappa shape index (κ1) is 31.2. The van der Waals surface area contributed by atoms with E-state index in [9.17, 15) is 9.59 Å². The predicted octanol–water partition coefficient (Wildman–Crippen LogP) is 5.45. The maximum absolute atomic E-state index is 15.7. The number of ether oxygens (including phenoxy) is 1. The van der Waals surface area contributed by atoms with Crippen LogP contribution in [0.25, 0.3) is 33.6 Å². The predicted molar refractivity (Wildman–Crippen MR) is 178 cm³/mol. The smallest absolute Gasteiger partial charge is 0.265 e. The highest BCUT2D eigenvalue weighted by Crippen LogP contribution is 2.44. The Balaban J connectivity index is 1.18. The van der Waals surface area contributed by atoms with Crippen LogP contribution in [0.3, 0.4) is 0 Å². The second-order valence-electron chi connectivity index (χ2n) is 14.7. The van der Waals surface area contributed by atoms with Crippen LogP contribution in [0.1, 0.15) is 74.0 Å². The molecule has 6 heterocycles. The zero-order valence-corrected chi connectivity index (χ0v) is 27.8. The van der Waals surface area contributed by atoms with Gasteiger partial charge >= 0.3 is 0 Å². The van der Waals surface area contributed by atoms with Crippen LogP contribution in [0, 0.1) is 17.3 Å². The average molecular weight is 660 g/mol. The molecular weight excluding hydrogens is 616 g/mol. The van der Waals surface area contributed by atoms with Crippen molar-refractivity contribution < 1.29 is 23.1 Å². The van der Waals surface area contributed by atoms with Gasteiger partial charge in [-0.15, -0.1) is 0 Å². The lowest BCUT2D eigenvalue weighted by Crippen LogP contribution is -2.61. The van der Waals surface area contributed by atoms with Crippen molar-refractivity contribution in [1.29, 1.82) is 0 Å². The van der Waals surface area contributed by atoms with E-state index in [1.165, 1.54) is 6.42 Å². The molecule has 4 aromatic rings. The number of alkyl halides is 2. The van der Waals surface area contributed by atoms with Gasteiger partial charge in [-0.25, -0.2) is 18.7 Å². The van der Waals surface area contributed by atoms with Gasteiger partial charge in [0, 0.05) is 55.4 Å². The molecular formula is C36H43F2N7O3. The molecule has 2 saturated heterocycles. The second-order valence-corrected chi connectivity index (χ2v) is 14.7. The lowest BCUT2D eigenvalue weighted by molar-refractivity contribution is -0.123. The van der Waals surface area contributed by atoms with Crippen molar-refractivity contribution >= 4 is 33.9 Å². The zero-order chi connectivity index (χ0) is 33.4. The van der Waals surface area contributed by atoms with Crippen molar-refractivity contribution in [2.45, 2.75) is 70.4 Å². The van der Waals surface area contributed by atoms with Gasteiger partial charge in [0.1, 0.15) is 16.9 Å². The third-order valence-corrected chi connectivity index (χ3v) is 11.1. The summed E-state index contributed by atoms with van der Waals surface area (Å²) in [5.74, 6) is -2.06. The largest absolute Gasteiger partial charge is 0.494 e. The number of hydrogen-bond acceptors (Lipinski definition) is 6. The van der Waals surface area contributed by atoms with Crippen molar-refractivity contribution in [3.8, 4) is 17.3 Å². The van der Waals surface area contributed by atoms with E-state index in [0.717, 1.165) is 45.4 Å². The summed E-state index contributed by atoms with van der Waals surface area (Å²) >= 11 is 0. The van der Waals surface area contributed by atoms with Crippen molar-refractivity contribution in [1.82, 2.24) is 34.6 Å². The van der Waals surface area contributed by atoms with E-state index in [1.54, 1.807) is 23.8 Å². The number of nitrogens with one attached hydrogen (secondary N) is 2. The van der Waals surface area contributed by atoms with Gasteiger partial charge in [0.15, 0.2) is 5.82 Å². The first-order valence-electron chi connectivity index (χ1n) is 17.3. The Morgan fingerprint density at radius 2 is 1.90 bits per heavy atom. The number of aryl methyl sites for hydroxylation is 1. The van der Waals surface area contributed by atoms with Gasteiger partial charge in [-0.3, -0.25) is 9.59 Å². The summed E-state index contributed by atoms with van der Waals surface area (Å²) in [4.78, 5) is 38.3. The molecule has 1 aromatic carbocycles. The number of hydrogen-bond donors (Lipinski definition) is 2.